The van der Waals surface area contributed by atoms with Crippen LogP contribution in [-0.4, -0.2) is 12.1 Å². The van der Waals surface area contributed by atoms with Crippen molar-refractivity contribution in [2.75, 3.05) is 18.2 Å². The predicted molar refractivity (Wildman–Crippen MR) is 74.7 cm³/mol. The van der Waals surface area contributed by atoms with E-state index in [2.05, 4.69) is 10.3 Å². The van der Waals surface area contributed by atoms with Gasteiger partial charge in [0, 0.05) is 17.4 Å². The van der Waals surface area contributed by atoms with E-state index in [4.69, 9.17) is 14.9 Å². The molecule has 1 aromatic heterocycles. The number of anilines is 3. The van der Waals surface area contributed by atoms with Crippen LogP contribution in [0.25, 0.3) is 11.1 Å². The van der Waals surface area contributed by atoms with Gasteiger partial charge >= 0.3 is 0 Å². The fourth-order valence-corrected chi connectivity index (χ4v) is 1.87. The lowest BCUT2D eigenvalue weighted by Crippen LogP contribution is -1.93. The van der Waals surface area contributed by atoms with Crippen LogP contribution in [0.4, 0.5) is 21.8 Å². The number of rotatable bonds is 3. The number of nitrogens with one attached hydrogen (secondary N) is 1. The lowest BCUT2D eigenvalue weighted by molar-refractivity contribution is 0.386. The Kier molecular flexibility index (Phi) is 2.90. The van der Waals surface area contributed by atoms with E-state index in [0.717, 1.165) is 0 Å². The molecule has 3 rings (SSSR count). The normalized spacial score (nSPS) is 10.7. The number of nitrogens with zero attached hydrogens (tertiary/aromatic N) is 1. The highest BCUT2D eigenvalue weighted by Crippen LogP contribution is 2.26. The zero-order chi connectivity index (χ0) is 14.1. The highest BCUT2D eigenvalue weighted by molar-refractivity contribution is 5.78. The van der Waals surface area contributed by atoms with E-state index < -0.39 is 5.82 Å². The van der Waals surface area contributed by atoms with Crippen molar-refractivity contribution in [2.45, 2.75) is 0 Å². The van der Waals surface area contributed by atoms with Crippen LogP contribution in [0.1, 0.15) is 0 Å². The maximum absolute atomic E-state index is 13.6. The van der Waals surface area contributed by atoms with Crippen molar-refractivity contribution in [1.82, 2.24) is 4.98 Å². The van der Waals surface area contributed by atoms with E-state index >= 15 is 0 Å². The summed E-state index contributed by atoms with van der Waals surface area (Å²) in [5.74, 6) is -0.279. The van der Waals surface area contributed by atoms with Crippen molar-refractivity contribution < 1.29 is 13.5 Å². The summed E-state index contributed by atoms with van der Waals surface area (Å²) in [7, 11) is 1.41. The van der Waals surface area contributed by atoms with E-state index in [1.54, 1.807) is 24.3 Å². The summed E-state index contributed by atoms with van der Waals surface area (Å²) in [5, 5.41) is 2.89. The highest BCUT2D eigenvalue weighted by Gasteiger charge is 2.08. The van der Waals surface area contributed by atoms with Gasteiger partial charge in [-0.3, -0.25) is 0 Å². The molecule has 0 saturated carbocycles. The first kappa shape index (κ1) is 12.3. The van der Waals surface area contributed by atoms with Gasteiger partial charge < -0.3 is 20.2 Å². The molecular formula is C14H12FN3O2. The van der Waals surface area contributed by atoms with Crippen LogP contribution in [0.3, 0.4) is 0 Å². The molecule has 0 aliphatic rings. The minimum atomic E-state index is -0.460. The van der Waals surface area contributed by atoms with E-state index in [0.29, 0.717) is 22.5 Å². The molecule has 0 bridgehead atoms. The predicted octanol–water partition coefficient (Wildman–Crippen LogP) is 3.30. The lowest BCUT2D eigenvalue weighted by atomic mass is 10.3. The van der Waals surface area contributed by atoms with Crippen molar-refractivity contribution in [1.29, 1.82) is 0 Å². The topological polar surface area (TPSA) is 73.3 Å². The standard InChI is InChI=1S/C14H12FN3O2/c1-19-12-5-3-9(7-10(12)15)17-14-18-11-6-8(16)2-4-13(11)20-14/h2-7H,16H2,1H3,(H,17,18). The van der Waals surface area contributed by atoms with Crippen LogP contribution in [0.5, 0.6) is 5.75 Å². The van der Waals surface area contributed by atoms with Crippen molar-refractivity contribution in [3.63, 3.8) is 0 Å². The summed E-state index contributed by atoms with van der Waals surface area (Å²) in [4.78, 5) is 4.23. The van der Waals surface area contributed by atoms with Crippen molar-refractivity contribution in [2.24, 2.45) is 0 Å². The molecule has 0 aliphatic carbocycles. The van der Waals surface area contributed by atoms with Gasteiger partial charge in [0.2, 0.25) is 0 Å². The molecule has 0 amide bonds. The largest absolute Gasteiger partial charge is 0.494 e. The molecule has 20 heavy (non-hydrogen) atoms. The first-order valence-electron chi connectivity index (χ1n) is 5.92. The molecule has 2 aromatic carbocycles. The van der Waals surface area contributed by atoms with Gasteiger partial charge in [-0.05, 0) is 30.3 Å². The summed E-state index contributed by atoms with van der Waals surface area (Å²) < 4.78 is 23.9. The Morgan fingerprint density at radius 1 is 1.25 bits per heavy atom. The Labute approximate surface area is 114 Å². The number of hydrogen-bond donors (Lipinski definition) is 2. The molecule has 0 atom stereocenters. The van der Waals surface area contributed by atoms with Crippen LogP contribution in [0.2, 0.25) is 0 Å². The van der Waals surface area contributed by atoms with Gasteiger partial charge in [0.15, 0.2) is 17.1 Å². The molecule has 6 heteroatoms. The third kappa shape index (κ3) is 2.23. The van der Waals surface area contributed by atoms with E-state index in [1.165, 1.54) is 19.2 Å². The zero-order valence-electron chi connectivity index (χ0n) is 10.7. The van der Waals surface area contributed by atoms with Crippen molar-refractivity contribution >= 4 is 28.5 Å². The Morgan fingerprint density at radius 3 is 2.85 bits per heavy atom. The minimum absolute atomic E-state index is 0.181. The third-order valence-corrected chi connectivity index (χ3v) is 2.81. The average Bonchev–Trinajstić information content (AvgIpc) is 2.80. The number of oxazole rings is 1. The number of nitrogens with two attached hydrogens (primary N) is 1. The van der Waals surface area contributed by atoms with Crippen molar-refractivity contribution in [3.05, 3.63) is 42.2 Å². The van der Waals surface area contributed by atoms with Gasteiger partial charge in [0.05, 0.1) is 7.11 Å². The Morgan fingerprint density at radius 2 is 2.10 bits per heavy atom. The summed E-state index contributed by atoms with van der Waals surface area (Å²) in [6.07, 6.45) is 0. The van der Waals surface area contributed by atoms with Crippen LogP contribution in [0, 0.1) is 5.82 Å². The Balaban J connectivity index is 1.90. The molecule has 0 radical (unpaired) electrons. The number of fused-ring (bicyclic) bond motifs is 1. The van der Waals surface area contributed by atoms with Gasteiger partial charge in [0.25, 0.3) is 6.01 Å². The molecule has 0 saturated heterocycles. The molecule has 0 fully saturated rings. The summed E-state index contributed by atoms with van der Waals surface area (Å²) in [6.45, 7) is 0. The number of nitrogen functional groups attached to an aromatic ring is 1. The second-order valence-electron chi connectivity index (χ2n) is 4.22. The van der Waals surface area contributed by atoms with Crippen molar-refractivity contribution in [3.8, 4) is 5.75 Å². The van der Waals surface area contributed by atoms with Crippen LogP contribution >= 0.6 is 0 Å². The number of aromatic nitrogens is 1. The van der Waals surface area contributed by atoms with Gasteiger partial charge in [-0.25, -0.2) is 4.39 Å². The fourth-order valence-electron chi connectivity index (χ4n) is 1.87. The molecule has 1 heterocycles. The molecule has 5 nitrogen and oxygen atoms in total. The molecule has 102 valence electrons. The zero-order valence-corrected chi connectivity index (χ0v) is 10.7. The average molecular weight is 273 g/mol. The van der Waals surface area contributed by atoms with Crippen LogP contribution in [-0.2, 0) is 0 Å². The molecule has 3 N–H and O–H groups in total. The number of benzene rings is 2. The smallest absolute Gasteiger partial charge is 0.300 e. The molecule has 0 unspecified atom stereocenters. The molecule has 0 spiro atoms. The molecule has 3 aromatic rings. The second kappa shape index (κ2) is 4.73. The first-order valence-corrected chi connectivity index (χ1v) is 5.92. The Hall–Kier alpha value is -2.76. The number of methoxy groups -OCH3 is 1. The molecule has 0 aliphatic heterocycles. The summed E-state index contributed by atoms with van der Waals surface area (Å²) >= 11 is 0. The Bertz CT molecular complexity index is 770. The van der Waals surface area contributed by atoms with E-state index in [1.807, 2.05) is 0 Å². The number of hydrogen-bond acceptors (Lipinski definition) is 5. The lowest BCUT2D eigenvalue weighted by Gasteiger charge is -2.04. The maximum atomic E-state index is 13.6. The van der Waals surface area contributed by atoms with Crippen LogP contribution in [0.15, 0.2) is 40.8 Å². The molecular weight excluding hydrogens is 261 g/mol. The maximum Gasteiger partial charge on any atom is 0.300 e. The quantitative estimate of drug-likeness (QED) is 0.716. The van der Waals surface area contributed by atoms with Gasteiger partial charge in [-0.2, -0.15) is 4.98 Å². The fraction of sp³-hybridized carbons (Fsp3) is 0.0714. The van der Waals surface area contributed by atoms with Gasteiger partial charge in [0.1, 0.15) is 5.52 Å². The third-order valence-electron chi connectivity index (χ3n) is 2.81. The van der Waals surface area contributed by atoms with Crippen LogP contribution < -0.4 is 15.8 Å². The number of halogens is 1. The minimum Gasteiger partial charge on any atom is -0.494 e. The SMILES string of the molecule is COc1ccc(Nc2nc3cc(N)ccc3o2)cc1F. The van der Waals surface area contributed by atoms with Gasteiger partial charge in [-0.15, -0.1) is 0 Å². The van der Waals surface area contributed by atoms with E-state index in [9.17, 15) is 4.39 Å². The van der Waals surface area contributed by atoms with E-state index in [-0.39, 0.29) is 11.8 Å². The first-order chi connectivity index (χ1) is 9.65. The monoisotopic (exact) mass is 273 g/mol. The highest BCUT2D eigenvalue weighted by atomic mass is 19.1. The number of ether oxygens (including phenoxy) is 1. The summed E-state index contributed by atoms with van der Waals surface area (Å²) in [5.41, 5.74) is 8.04. The second-order valence-corrected chi connectivity index (χ2v) is 4.22. The summed E-state index contributed by atoms with van der Waals surface area (Å²) in [6, 6.07) is 9.95. The van der Waals surface area contributed by atoms with Gasteiger partial charge in [-0.1, -0.05) is 0 Å².